The lowest BCUT2D eigenvalue weighted by molar-refractivity contribution is -0.140. The number of benzene rings is 2. The van der Waals surface area contributed by atoms with Gasteiger partial charge in [0.25, 0.3) is 0 Å². The van der Waals surface area contributed by atoms with E-state index in [2.05, 4.69) is 21.2 Å². The lowest BCUT2D eigenvalue weighted by Gasteiger charge is -2.29. The van der Waals surface area contributed by atoms with Crippen LogP contribution in [0.1, 0.15) is 49.8 Å². The number of sulfonamides is 1. The van der Waals surface area contributed by atoms with E-state index in [1.165, 1.54) is 10.6 Å². The van der Waals surface area contributed by atoms with Crippen LogP contribution in [0.5, 0.6) is 0 Å². The number of hydrogen-bond donors (Lipinski definition) is 1. The maximum absolute atomic E-state index is 13.3. The highest BCUT2D eigenvalue weighted by molar-refractivity contribution is 9.10. The highest BCUT2D eigenvalue weighted by atomic mass is 79.9. The fourth-order valence-electron chi connectivity index (χ4n) is 3.91. The molecule has 0 aliphatic rings. The molecule has 0 saturated heterocycles. The molecule has 0 spiro atoms. The molecule has 7 nitrogen and oxygen atoms in total. The Balaban J connectivity index is 2.18. The van der Waals surface area contributed by atoms with E-state index < -0.39 is 16.1 Å². The largest absolute Gasteiger partial charge is 0.354 e. The second-order valence-electron chi connectivity index (χ2n) is 8.90. The molecular weight excluding hydrogens is 530 g/mol. The van der Waals surface area contributed by atoms with Gasteiger partial charge in [-0.25, -0.2) is 8.42 Å². The maximum atomic E-state index is 13.3. The zero-order chi connectivity index (χ0) is 26.2. The third-order valence-corrected chi connectivity index (χ3v) is 7.29. The number of anilines is 1. The van der Waals surface area contributed by atoms with Crippen molar-refractivity contribution in [2.24, 2.45) is 0 Å². The number of nitrogens with one attached hydrogen (secondary N) is 1. The SMILES string of the molecule is CCCNC(=O)C(C)N(Cc1cccc(Br)c1)C(=O)CCCN(c1cc(C)cc(C)c1)S(C)(=O)=O. The molecule has 0 fully saturated rings. The van der Waals surface area contributed by atoms with Crippen molar-refractivity contribution >= 4 is 43.5 Å². The summed E-state index contributed by atoms with van der Waals surface area (Å²) in [7, 11) is -3.52. The molecule has 0 aliphatic carbocycles. The molecule has 0 aliphatic heterocycles. The van der Waals surface area contributed by atoms with E-state index in [4.69, 9.17) is 0 Å². The molecule has 1 atom stereocenters. The Morgan fingerprint density at radius 2 is 1.74 bits per heavy atom. The Kier molecular flexibility index (Phi) is 10.8. The van der Waals surface area contributed by atoms with Gasteiger partial charge in [0.05, 0.1) is 11.9 Å². The van der Waals surface area contributed by atoms with Gasteiger partial charge in [-0.05, 0) is 74.6 Å². The molecule has 1 unspecified atom stereocenters. The molecule has 0 radical (unpaired) electrons. The van der Waals surface area contributed by atoms with Crippen molar-refractivity contribution in [3.05, 3.63) is 63.6 Å². The molecule has 0 saturated carbocycles. The van der Waals surface area contributed by atoms with Crippen molar-refractivity contribution in [2.45, 2.75) is 59.5 Å². The van der Waals surface area contributed by atoms with Gasteiger partial charge in [0.15, 0.2) is 0 Å². The molecule has 0 bridgehead atoms. The average Bonchev–Trinajstić information content (AvgIpc) is 2.76. The summed E-state index contributed by atoms with van der Waals surface area (Å²) in [5, 5.41) is 2.86. The van der Waals surface area contributed by atoms with Crippen LogP contribution in [0.25, 0.3) is 0 Å². The van der Waals surface area contributed by atoms with Crippen molar-refractivity contribution in [3.63, 3.8) is 0 Å². The number of nitrogens with zero attached hydrogens (tertiary/aromatic N) is 2. The zero-order valence-corrected chi connectivity index (χ0v) is 23.6. The van der Waals surface area contributed by atoms with Crippen LogP contribution >= 0.6 is 15.9 Å². The Morgan fingerprint density at radius 3 is 2.31 bits per heavy atom. The minimum absolute atomic E-state index is 0.121. The van der Waals surface area contributed by atoms with E-state index in [1.807, 2.05) is 63.2 Å². The van der Waals surface area contributed by atoms with Gasteiger partial charge in [-0.1, -0.05) is 41.1 Å². The molecule has 1 N–H and O–H groups in total. The van der Waals surface area contributed by atoms with Crippen LogP contribution in [0, 0.1) is 13.8 Å². The smallest absolute Gasteiger partial charge is 0.242 e. The van der Waals surface area contributed by atoms with Crippen LogP contribution in [0.4, 0.5) is 5.69 Å². The normalized spacial score (nSPS) is 12.2. The van der Waals surface area contributed by atoms with Crippen LogP contribution in [0.15, 0.2) is 46.9 Å². The zero-order valence-electron chi connectivity index (χ0n) is 21.2. The number of carbonyl (C=O) groups is 2. The number of amides is 2. The lowest BCUT2D eigenvalue weighted by Crippen LogP contribution is -2.47. The first-order chi connectivity index (χ1) is 16.4. The summed E-state index contributed by atoms with van der Waals surface area (Å²) in [6, 6.07) is 12.6. The number of aryl methyl sites for hydroxylation is 2. The fourth-order valence-corrected chi connectivity index (χ4v) is 5.30. The first-order valence-electron chi connectivity index (χ1n) is 11.8. The topological polar surface area (TPSA) is 86.8 Å². The van der Waals surface area contributed by atoms with Gasteiger partial charge in [0.1, 0.15) is 6.04 Å². The first-order valence-corrected chi connectivity index (χ1v) is 14.4. The van der Waals surface area contributed by atoms with Gasteiger partial charge in [0, 0.05) is 30.5 Å². The summed E-state index contributed by atoms with van der Waals surface area (Å²) in [5.41, 5.74) is 3.43. The van der Waals surface area contributed by atoms with Crippen molar-refractivity contribution in [1.29, 1.82) is 0 Å². The second kappa shape index (κ2) is 13.1. The Hall–Kier alpha value is -2.39. The van der Waals surface area contributed by atoms with Crippen LogP contribution < -0.4 is 9.62 Å². The van der Waals surface area contributed by atoms with Gasteiger partial charge < -0.3 is 10.2 Å². The van der Waals surface area contributed by atoms with Gasteiger partial charge in [-0.2, -0.15) is 0 Å². The lowest BCUT2D eigenvalue weighted by atomic mass is 10.1. The van der Waals surface area contributed by atoms with Gasteiger partial charge in [-0.15, -0.1) is 0 Å². The highest BCUT2D eigenvalue weighted by Gasteiger charge is 2.26. The Labute approximate surface area is 218 Å². The van der Waals surface area contributed by atoms with E-state index in [0.717, 1.165) is 27.6 Å². The van der Waals surface area contributed by atoms with Crippen molar-refractivity contribution in [1.82, 2.24) is 10.2 Å². The summed E-state index contributed by atoms with van der Waals surface area (Å²) in [6.45, 7) is 8.54. The Morgan fingerprint density at radius 1 is 1.09 bits per heavy atom. The van der Waals surface area contributed by atoms with E-state index >= 15 is 0 Å². The monoisotopic (exact) mass is 565 g/mol. The van der Waals surface area contributed by atoms with Gasteiger partial charge >= 0.3 is 0 Å². The minimum atomic E-state index is -3.52. The van der Waals surface area contributed by atoms with Crippen molar-refractivity contribution < 1.29 is 18.0 Å². The second-order valence-corrected chi connectivity index (χ2v) is 11.7. The predicted molar refractivity (Wildman–Crippen MR) is 145 cm³/mol. The fraction of sp³-hybridized carbons (Fsp3) is 0.462. The number of halogens is 1. The van der Waals surface area contributed by atoms with E-state index in [0.29, 0.717) is 18.7 Å². The molecule has 2 aromatic rings. The summed E-state index contributed by atoms with van der Waals surface area (Å²) in [6.07, 6.45) is 2.43. The third kappa shape index (κ3) is 8.96. The predicted octanol–water partition coefficient (Wildman–Crippen LogP) is 4.56. The number of carbonyl (C=O) groups excluding carboxylic acids is 2. The maximum Gasteiger partial charge on any atom is 0.242 e. The molecule has 2 amide bonds. The van der Waals surface area contributed by atoms with E-state index in [1.54, 1.807) is 11.8 Å². The van der Waals surface area contributed by atoms with Crippen LogP contribution in [-0.4, -0.2) is 50.5 Å². The highest BCUT2D eigenvalue weighted by Crippen LogP contribution is 2.22. The quantitative estimate of drug-likeness (QED) is 0.408. The molecule has 2 aromatic carbocycles. The molecule has 192 valence electrons. The molecular formula is C26H36BrN3O4S. The van der Waals surface area contributed by atoms with Crippen LogP contribution in [0.2, 0.25) is 0 Å². The van der Waals surface area contributed by atoms with Crippen molar-refractivity contribution in [3.8, 4) is 0 Å². The molecule has 0 heterocycles. The van der Waals surface area contributed by atoms with Gasteiger partial charge in [-0.3, -0.25) is 13.9 Å². The average molecular weight is 567 g/mol. The summed E-state index contributed by atoms with van der Waals surface area (Å²) in [4.78, 5) is 27.5. The van der Waals surface area contributed by atoms with Crippen LogP contribution in [0.3, 0.4) is 0 Å². The van der Waals surface area contributed by atoms with E-state index in [9.17, 15) is 18.0 Å². The van der Waals surface area contributed by atoms with Crippen LogP contribution in [-0.2, 0) is 26.2 Å². The number of rotatable bonds is 12. The third-order valence-electron chi connectivity index (χ3n) is 5.61. The number of hydrogen-bond acceptors (Lipinski definition) is 4. The molecule has 2 rings (SSSR count). The van der Waals surface area contributed by atoms with Gasteiger partial charge in [0.2, 0.25) is 21.8 Å². The minimum Gasteiger partial charge on any atom is -0.354 e. The first kappa shape index (κ1) is 28.8. The standard InChI is InChI=1S/C26H36BrN3O4S/c1-6-12-28-26(32)21(4)29(18-22-9-7-10-23(27)17-22)25(31)11-8-13-30(35(5,33)34)24-15-19(2)14-20(3)16-24/h7,9-10,14-17,21H,6,8,11-13,18H2,1-5H3,(H,28,32). The molecule has 9 heteroatoms. The Bertz CT molecular complexity index is 1120. The summed E-state index contributed by atoms with van der Waals surface area (Å²) < 4.78 is 27.3. The molecule has 35 heavy (non-hydrogen) atoms. The summed E-state index contributed by atoms with van der Waals surface area (Å²) >= 11 is 3.45. The van der Waals surface area contributed by atoms with Crippen molar-refractivity contribution in [2.75, 3.05) is 23.7 Å². The summed E-state index contributed by atoms with van der Waals surface area (Å²) in [5.74, 6) is -0.402. The molecule has 0 aromatic heterocycles. The van der Waals surface area contributed by atoms with E-state index in [-0.39, 0.29) is 31.3 Å².